The molecule has 1 aromatic rings. The van der Waals surface area contributed by atoms with Crippen molar-refractivity contribution in [3.05, 3.63) is 34.1 Å². The summed E-state index contributed by atoms with van der Waals surface area (Å²) < 4.78 is 13.2. The molecule has 0 saturated carbocycles. The van der Waals surface area contributed by atoms with Gasteiger partial charge in [0.15, 0.2) is 0 Å². The monoisotopic (exact) mass is 288 g/mol. The van der Waals surface area contributed by atoms with Crippen LogP contribution in [-0.4, -0.2) is 19.0 Å². The molecule has 0 heterocycles. The number of halogens is 2. The number of nitrogens with two attached hydrogens (primary N) is 1. The highest BCUT2D eigenvalue weighted by Crippen LogP contribution is 2.16. The smallest absolute Gasteiger partial charge is 0.251 e. The highest BCUT2D eigenvalue weighted by molar-refractivity contribution is 9.10. The van der Waals surface area contributed by atoms with Crippen LogP contribution in [0.5, 0.6) is 0 Å². The third-order valence-corrected chi connectivity index (χ3v) is 2.71. The van der Waals surface area contributed by atoms with Gasteiger partial charge in [-0.1, -0.05) is 0 Å². The third kappa shape index (κ3) is 3.90. The van der Waals surface area contributed by atoms with E-state index in [9.17, 15) is 9.18 Å². The number of hydrogen-bond acceptors (Lipinski definition) is 2. The number of rotatable bonds is 5. The van der Waals surface area contributed by atoms with Crippen LogP contribution in [0.4, 0.5) is 4.39 Å². The molecule has 1 rings (SSSR count). The van der Waals surface area contributed by atoms with Crippen LogP contribution in [0.15, 0.2) is 22.7 Å². The Balaban J connectivity index is 2.50. The van der Waals surface area contributed by atoms with Crippen molar-refractivity contribution in [2.24, 2.45) is 5.73 Å². The van der Waals surface area contributed by atoms with E-state index in [0.29, 0.717) is 23.1 Å². The van der Waals surface area contributed by atoms with E-state index in [4.69, 9.17) is 5.73 Å². The van der Waals surface area contributed by atoms with Crippen molar-refractivity contribution < 1.29 is 9.18 Å². The largest absolute Gasteiger partial charge is 0.352 e. The van der Waals surface area contributed by atoms with Gasteiger partial charge < -0.3 is 11.1 Å². The van der Waals surface area contributed by atoms with Gasteiger partial charge in [0.1, 0.15) is 5.82 Å². The van der Waals surface area contributed by atoms with Crippen molar-refractivity contribution >= 4 is 21.8 Å². The molecular weight excluding hydrogens is 275 g/mol. The number of amides is 1. The Kier molecular flexibility index (Phi) is 5.42. The molecule has 88 valence electrons. The second-order valence-corrected chi connectivity index (χ2v) is 4.23. The standard InChI is InChI=1S/C11H14BrFN2O/c12-9-7-8(3-4-10(9)13)11(16)15-6-2-1-5-14/h3-4,7H,1-2,5-6,14H2,(H,15,16). The Morgan fingerprint density at radius 1 is 1.44 bits per heavy atom. The molecular formula is C11H14BrFN2O. The lowest BCUT2D eigenvalue weighted by atomic mass is 10.2. The molecule has 0 atom stereocenters. The van der Waals surface area contributed by atoms with E-state index in [1.165, 1.54) is 18.2 Å². The van der Waals surface area contributed by atoms with Gasteiger partial charge in [-0.05, 0) is 53.5 Å². The number of carbonyl (C=O) groups excluding carboxylic acids is 1. The van der Waals surface area contributed by atoms with E-state index in [1.807, 2.05) is 0 Å². The van der Waals surface area contributed by atoms with Crippen molar-refractivity contribution in [3.63, 3.8) is 0 Å². The van der Waals surface area contributed by atoms with E-state index in [2.05, 4.69) is 21.2 Å². The summed E-state index contributed by atoms with van der Waals surface area (Å²) in [5, 5.41) is 2.74. The first-order chi connectivity index (χ1) is 7.65. The van der Waals surface area contributed by atoms with Crippen LogP contribution in [-0.2, 0) is 0 Å². The molecule has 3 N–H and O–H groups in total. The summed E-state index contributed by atoms with van der Waals surface area (Å²) in [6.07, 6.45) is 1.73. The Hall–Kier alpha value is -0.940. The molecule has 0 unspecified atom stereocenters. The first-order valence-corrected chi connectivity index (χ1v) is 5.87. The molecule has 5 heteroatoms. The van der Waals surface area contributed by atoms with Crippen LogP contribution in [0, 0.1) is 5.82 Å². The highest BCUT2D eigenvalue weighted by atomic mass is 79.9. The van der Waals surface area contributed by atoms with Crippen LogP contribution in [0.2, 0.25) is 0 Å². The van der Waals surface area contributed by atoms with Gasteiger partial charge in [-0.25, -0.2) is 4.39 Å². The van der Waals surface area contributed by atoms with Gasteiger partial charge in [-0.2, -0.15) is 0 Å². The quantitative estimate of drug-likeness (QED) is 0.815. The van der Waals surface area contributed by atoms with Crippen molar-refractivity contribution in [1.29, 1.82) is 0 Å². The summed E-state index contributed by atoms with van der Waals surface area (Å²) in [6, 6.07) is 4.19. The van der Waals surface area contributed by atoms with Crippen LogP contribution in [0.3, 0.4) is 0 Å². The first-order valence-electron chi connectivity index (χ1n) is 5.08. The zero-order chi connectivity index (χ0) is 12.0. The first kappa shape index (κ1) is 13.1. The summed E-state index contributed by atoms with van der Waals surface area (Å²) >= 11 is 3.04. The van der Waals surface area contributed by atoms with E-state index < -0.39 is 0 Å². The number of nitrogens with one attached hydrogen (secondary N) is 1. The second kappa shape index (κ2) is 6.60. The van der Waals surface area contributed by atoms with Gasteiger partial charge in [0.25, 0.3) is 5.91 Å². The number of carbonyl (C=O) groups is 1. The van der Waals surface area contributed by atoms with Crippen molar-refractivity contribution in [2.75, 3.05) is 13.1 Å². The fourth-order valence-corrected chi connectivity index (χ4v) is 1.59. The summed E-state index contributed by atoms with van der Waals surface area (Å²) in [5.74, 6) is -0.572. The molecule has 0 aliphatic carbocycles. The minimum absolute atomic E-state index is 0.197. The Bertz CT molecular complexity index is 371. The zero-order valence-electron chi connectivity index (χ0n) is 8.80. The summed E-state index contributed by atoms with van der Waals surface area (Å²) in [7, 11) is 0. The van der Waals surface area contributed by atoms with Crippen molar-refractivity contribution in [2.45, 2.75) is 12.8 Å². The van der Waals surface area contributed by atoms with Gasteiger partial charge in [0.2, 0.25) is 0 Å². The maximum Gasteiger partial charge on any atom is 0.251 e. The Morgan fingerprint density at radius 2 is 2.19 bits per heavy atom. The summed E-state index contributed by atoms with van der Waals surface area (Å²) in [6.45, 7) is 1.21. The topological polar surface area (TPSA) is 55.1 Å². The van der Waals surface area contributed by atoms with E-state index in [-0.39, 0.29) is 11.7 Å². The number of benzene rings is 1. The van der Waals surface area contributed by atoms with Crippen LogP contribution < -0.4 is 11.1 Å². The van der Waals surface area contributed by atoms with Crippen LogP contribution in [0.25, 0.3) is 0 Å². The fourth-order valence-electron chi connectivity index (χ4n) is 1.21. The summed E-state index contributed by atoms with van der Waals surface area (Å²) in [5.41, 5.74) is 5.78. The third-order valence-electron chi connectivity index (χ3n) is 2.10. The molecule has 16 heavy (non-hydrogen) atoms. The molecule has 3 nitrogen and oxygen atoms in total. The predicted molar refractivity (Wildman–Crippen MR) is 64.7 cm³/mol. The molecule has 0 spiro atoms. The van der Waals surface area contributed by atoms with Crippen LogP contribution in [0.1, 0.15) is 23.2 Å². The van der Waals surface area contributed by atoms with Gasteiger partial charge in [-0.3, -0.25) is 4.79 Å². The molecule has 0 aliphatic rings. The number of unbranched alkanes of at least 4 members (excludes halogenated alkanes) is 1. The highest BCUT2D eigenvalue weighted by Gasteiger charge is 2.07. The molecule has 0 bridgehead atoms. The molecule has 0 aromatic heterocycles. The minimum Gasteiger partial charge on any atom is -0.352 e. The lowest BCUT2D eigenvalue weighted by Gasteiger charge is -2.05. The Morgan fingerprint density at radius 3 is 2.81 bits per heavy atom. The SMILES string of the molecule is NCCCCNC(=O)c1ccc(F)c(Br)c1. The summed E-state index contributed by atoms with van der Waals surface area (Å²) in [4.78, 5) is 11.6. The van der Waals surface area contributed by atoms with E-state index >= 15 is 0 Å². The van der Waals surface area contributed by atoms with Crippen molar-refractivity contribution in [1.82, 2.24) is 5.32 Å². The minimum atomic E-state index is -0.375. The second-order valence-electron chi connectivity index (χ2n) is 3.38. The average molecular weight is 289 g/mol. The maximum atomic E-state index is 12.9. The molecule has 0 radical (unpaired) electrons. The average Bonchev–Trinajstić information content (AvgIpc) is 2.28. The molecule has 1 aromatic carbocycles. The molecule has 0 fully saturated rings. The Labute approximate surface area is 102 Å². The van der Waals surface area contributed by atoms with E-state index in [1.54, 1.807) is 0 Å². The van der Waals surface area contributed by atoms with Gasteiger partial charge in [0, 0.05) is 12.1 Å². The molecule has 1 amide bonds. The fraction of sp³-hybridized carbons (Fsp3) is 0.364. The number of hydrogen-bond donors (Lipinski definition) is 2. The predicted octanol–water partition coefficient (Wildman–Crippen LogP) is 2.06. The van der Waals surface area contributed by atoms with Gasteiger partial charge in [-0.15, -0.1) is 0 Å². The lowest BCUT2D eigenvalue weighted by molar-refractivity contribution is 0.0953. The molecule has 0 aliphatic heterocycles. The van der Waals surface area contributed by atoms with E-state index in [0.717, 1.165) is 12.8 Å². The van der Waals surface area contributed by atoms with Gasteiger partial charge in [0.05, 0.1) is 4.47 Å². The lowest BCUT2D eigenvalue weighted by Crippen LogP contribution is -2.24. The van der Waals surface area contributed by atoms with Gasteiger partial charge >= 0.3 is 0 Å². The maximum absolute atomic E-state index is 12.9. The zero-order valence-corrected chi connectivity index (χ0v) is 10.4. The normalized spacial score (nSPS) is 10.2. The molecule has 0 saturated heterocycles. The van der Waals surface area contributed by atoms with Crippen LogP contribution >= 0.6 is 15.9 Å². The van der Waals surface area contributed by atoms with Crippen molar-refractivity contribution in [3.8, 4) is 0 Å².